The number of carbonyl (C=O) groups excluding carboxylic acids is 1. The first-order valence-corrected chi connectivity index (χ1v) is 7.04. The molecule has 0 saturated heterocycles. The fourth-order valence-corrected chi connectivity index (χ4v) is 2.01. The largest absolute Gasteiger partial charge is 0.461 e. The fraction of sp³-hybridized carbons (Fsp3) is 0.667. The molecule has 19 heavy (non-hydrogen) atoms. The SMILES string of the molecule is CCOC(=O)c1cnc(Br)n1CC(OCC)OCC. The van der Waals surface area contributed by atoms with Gasteiger partial charge in [0, 0.05) is 13.2 Å². The summed E-state index contributed by atoms with van der Waals surface area (Å²) >= 11 is 3.30. The molecule has 0 N–H and O–H groups in total. The molecule has 1 rings (SSSR count). The average Bonchev–Trinajstić information content (AvgIpc) is 2.72. The molecule has 0 unspecified atom stereocenters. The van der Waals surface area contributed by atoms with Crippen LogP contribution in [-0.4, -0.2) is 41.6 Å². The van der Waals surface area contributed by atoms with Crippen LogP contribution in [0.5, 0.6) is 0 Å². The molecule has 0 amide bonds. The molecule has 0 spiro atoms. The van der Waals surface area contributed by atoms with Gasteiger partial charge in [-0.25, -0.2) is 9.78 Å². The van der Waals surface area contributed by atoms with Gasteiger partial charge in [-0.1, -0.05) is 0 Å². The Bertz CT molecular complexity index is 402. The van der Waals surface area contributed by atoms with Crippen LogP contribution in [0, 0.1) is 0 Å². The van der Waals surface area contributed by atoms with E-state index in [0.717, 1.165) is 0 Å². The van der Waals surface area contributed by atoms with Gasteiger partial charge in [0.05, 0.1) is 19.3 Å². The first-order valence-electron chi connectivity index (χ1n) is 6.25. The molecule has 1 aromatic heterocycles. The maximum atomic E-state index is 11.8. The lowest BCUT2D eigenvalue weighted by Gasteiger charge is -2.19. The zero-order valence-electron chi connectivity index (χ0n) is 11.4. The number of imidazole rings is 1. The number of rotatable bonds is 8. The van der Waals surface area contributed by atoms with Gasteiger partial charge in [0.15, 0.2) is 11.0 Å². The number of nitrogens with zero attached hydrogens (tertiary/aromatic N) is 2. The Morgan fingerprint density at radius 2 is 1.95 bits per heavy atom. The lowest BCUT2D eigenvalue weighted by Crippen LogP contribution is -2.26. The molecule has 0 aromatic carbocycles. The van der Waals surface area contributed by atoms with Crippen LogP contribution >= 0.6 is 15.9 Å². The van der Waals surface area contributed by atoms with Crippen molar-refractivity contribution in [3.63, 3.8) is 0 Å². The predicted molar refractivity (Wildman–Crippen MR) is 72.9 cm³/mol. The highest BCUT2D eigenvalue weighted by molar-refractivity contribution is 9.10. The normalized spacial score (nSPS) is 11.0. The summed E-state index contributed by atoms with van der Waals surface area (Å²) in [6, 6.07) is 0. The monoisotopic (exact) mass is 334 g/mol. The van der Waals surface area contributed by atoms with Gasteiger partial charge in [-0.15, -0.1) is 0 Å². The van der Waals surface area contributed by atoms with E-state index >= 15 is 0 Å². The van der Waals surface area contributed by atoms with Gasteiger partial charge in [-0.3, -0.25) is 0 Å². The predicted octanol–water partition coefficient (Wildman–Crippen LogP) is 2.22. The van der Waals surface area contributed by atoms with Crippen molar-refractivity contribution in [2.24, 2.45) is 0 Å². The summed E-state index contributed by atoms with van der Waals surface area (Å²) in [5.74, 6) is -0.410. The first kappa shape index (κ1) is 16.1. The zero-order chi connectivity index (χ0) is 14.3. The summed E-state index contributed by atoms with van der Waals surface area (Å²) in [4.78, 5) is 15.9. The minimum atomic E-state index is -0.423. The number of hydrogen-bond acceptors (Lipinski definition) is 5. The number of aromatic nitrogens is 2. The maximum Gasteiger partial charge on any atom is 0.356 e. The van der Waals surface area contributed by atoms with Crippen LogP contribution in [0.2, 0.25) is 0 Å². The quantitative estimate of drug-likeness (QED) is 0.538. The zero-order valence-corrected chi connectivity index (χ0v) is 13.0. The third kappa shape index (κ3) is 4.59. The minimum Gasteiger partial charge on any atom is -0.461 e. The molecular formula is C12H19BrN2O4. The molecule has 0 aliphatic carbocycles. The second-order valence-electron chi connectivity index (χ2n) is 3.58. The molecular weight excluding hydrogens is 316 g/mol. The summed E-state index contributed by atoms with van der Waals surface area (Å²) < 4.78 is 18.1. The van der Waals surface area contributed by atoms with Crippen molar-refractivity contribution in [1.29, 1.82) is 0 Å². The molecule has 0 radical (unpaired) electrons. The van der Waals surface area contributed by atoms with Gasteiger partial charge in [-0.2, -0.15) is 0 Å². The molecule has 0 atom stereocenters. The molecule has 7 heteroatoms. The first-order chi connectivity index (χ1) is 9.13. The van der Waals surface area contributed by atoms with E-state index in [4.69, 9.17) is 14.2 Å². The number of esters is 1. The van der Waals surface area contributed by atoms with Crippen molar-refractivity contribution in [1.82, 2.24) is 9.55 Å². The summed E-state index contributed by atoms with van der Waals surface area (Å²) in [6.07, 6.45) is 1.05. The van der Waals surface area contributed by atoms with E-state index < -0.39 is 12.3 Å². The van der Waals surface area contributed by atoms with Crippen molar-refractivity contribution in [3.05, 3.63) is 16.6 Å². The van der Waals surface area contributed by atoms with Gasteiger partial charge >= 0.3 is 5.97 Å². The van der Waals surface area contributed by atoms with Crippen molar-refractivity contribution in [2.45, 2.75) is 33.6 Å². The highest BCUT2D eigenvalue weighted by atomic mass is 79.9. The van der Waals surface area contributed by atoms with Crippen LogP contribution < -0.4 is 0 Å². The Kier molecular flexibility index (Phi) is 7.04. The molecule has 0 saturated carbocycles. The Hall–Kier alpha value is -0.920. The molecule has 0 aliphatic heterocycles. The van der Waals surface area contributed by atoms with E-state index in [-0.39, 0.29) is 0 Å². The molecule has 0 fully saturated rings. The third-order valence-corrected chi connectivity index (χ3v) is 2.96. The molecule has 1 heterocycles. The Labute approximate surface area is 121 Å². The van der Waals surface area contributed by atoms with Crippen LogP contribution in [0.15, 0.2) is 10.9 Å². The van der Waals surface area contributed by atoms with Gasteiger partial charge < -0.3 is 18.8 Å². The number of carbonyl (C=O) groups is 1. The molecule has 1 aromatic rings. The van der Waals surface area contributed by atoms with E-state index in [1.165, 1.54) is 6.20 Å². The third-order valence-electron chi connectivity index (χ3n) is 2.33. The average molecular weight is 335 g/mol. The van der Waals surface area contributed by atoms with Crippen molar-refractivity contribution < 1.29 is 19.0 Å². The van der Waals surface area contributed by atoms with E-state index in [1.54, 1.807) is 11.5 Å². The lowest BCUT2D eigenvalue weighted by molar-refractivity contribution is -0.144. The van der Waals surface area contributed by atoms with Crippen molar-refractivity contribution in [3.8, 4) is 0 Å². The molecule has 0 bridgehead atoms. The summed E-state index contributed by atoms with van der Waals surface area (Å²) in [5.41, 5.74) is 0.373. The lowest BCUT2D eigenvalue weighted by atomic mass is 10.4. The fourth-order valence-electron chi connectivity index (χ4n) is 1.57. The molecule has 108 valence electrons. The van der Waals surface area contributed by atoms with E-state index in [0.29, 0.717) is 36.8 Å². The van der Waals surface area contributed by atoms with Crippen molar-refractivity contribution in [2.75, 3.05) is 19.8 Å². The van der Waals surface area contributed by atoms with Crippen LogP contribution in [-0.2, 0) is 20.8 Å². The Morgan fingerprint density at radius 1 is 1.32 bits per heavy atom. The second kappa shape index (κ2) is 8.29. The smallest absolute Gasteiger partial charge is 0.356 e. The van der Waals surface area contributed by atoms with Crippen LogP contribution in [0.3, 0.4) is 0 Å². The number of halogens is 1. The Balaban J connectivity index is 2.85. The van der Waals surface area contributed by atoms with Crippen molar-refractivity contribution >= 4 is 21.9 Å². The maximum absolute atomic E-state index is 11.8. The van der Waals surface area contributed by atoms with Gasteiger partial charge in [-0.05, 0) is 36.7 Å². The van der Waals surface area contributed by atoms with Crippen LogP contribution in [0.25, 0.3) is 0 Å². The highest BCUT2D eigenvalue weighted by Gasteiger charge is 2.20. The van der Waals surface area contributed by atoms with Gasteiger partial charge in [0.25, 0.3) is 0 Å². The summed E-state index contributed by atoms with van der Waals surface area (Å²) in [5, 5.41) is 0. The van der Waals surface area contributed by atoms with E-state index in [2.05, 4.69) is 20.9 Å². The van der Waals surface area contributed by atoms with Gasteiger partial charge in [0.2, 0.25) is 0 Å². The van der Waals surface area contributed by atoms with Gasteiger partial charge in [0.1, 0.15) is 5.69 Å². The molecule has 0 aliphatic rings. The second-order valence-corrected chi connectivity index (χ2v) is 4.29. The number of ether oxygens (including phenoxy) is 3. The molecule has 6 nitrogen and oxygen atoms in total. The van der Waals surface area contributed by atoms with Crippen LogP contribution in [0.4, 0.5) is 0 Å². The standard InChI is InChI=1S/C12H19BrN2O4/c1-4-17-10(18-5-2)8-15-9(7-14-12(15)13)11(16)19-6-3/h7,10H,4-6,8H2,1-3H3. The van der Waals surface area contributed by atoms with E-state index in [1.807, 2.05) is 13.8 Å². The highest BCUT2D eigenvalue weighted by Crippen LogP contribution is 2.15. The summed E-state index contributed by atoms with van der Waals surface area (Å²) in [6.45, 7) is 7.30. The minimum absolute atomic E-state index is 0.321. The Morgan fingerprint density at radius 3 is 2.47 bits per heavy atom. The van der Waals surface area contributed by atoms with E-state index in [9.17, 15) is 4.79 Å². The topological polar surface area (TPSA) is 62.6 Å². The van der Waals surface area contributed by atoms with Crippen LogP contribution in [0.1, 0.15) is 31.3 Å². The number of hydrogen-bond donors (Lipinski definition) is 0. The summed E-state index contributed by atoms with van der Waals surface area (Å²) in [7, 11) is 0.